The molecule has 2 amide bonds. The van der Waals surface area contributed by atoms with Gasteiger partial charge in [-0.1, -0.05) is 19.1 Å². The van der Waals surface area contributed by atoms with Crippen molar-refractivity contribution in [1.29, 1.82) is 0 Å². The number of fused-ring (bicyclic) bond motifs is 1. The van der Waals surface area contributed by atoms with Crippen LogP contribution in [0.2, 0.25) is 0 Å². The van der Waals surface area contributed by atoms with E-state index in [1.165, 1.54) is 0 Å². The van der Waals surface area contributed by atoms with Crippen molar-refractivity contribution < 1.29 is 15.0 Å². The molecule has 3 rings (SSSR count). The molecule has 1 aliphatic heterocycles. The van der Waals surface area contributed by atoms with Crippen LogP contribution in [-0.4, -0.2) is 40.3 Å². The predicted octanol–water partition coefficient (Wildman–Crippen LogP) is 1.79. The van der Waals surface area contributed by atoms with E-state index >= 15 is 0 Å². The molecule has 114 valence electrons. The van der Waals surface area contributed by atoms with E-state index in [0.717, 1.165) is 30.4 Å². The van der Waals surface area contributed by atoms with Crippen molar-refractivity contribution >= 4 is 6.03 Å². The van der Waals surface area contributed by atoms with Crippen molar-refractivity contribution in [2.45, 2.75) is 38.3 Å². The number of aromatic hydroxyl groups is 1. The maximum absolute atomic E-state index is 12.3. The number of rotatable bonds is 1. The molecule has 2 aliphatic rings. The van der Waals surface area contributed by atoms with Crippen molar-refractivity contribution in [1.82, 2.24) is 10.2 Å². The quantitative estimate of drug-likeness (QED) is 0.738. The molecule has 1 aliphatic carbocycles. The SMILES string of the molecule is CC1CCN(C(=O)NC2CCc3c(O)cccc32)CC1O. The fourth-order valence-corrected chi connectivity index (χ4v) is 3.26. The summed E-state index contributed by atoms with van der Waals surface area (Å²) in [4.78, 5) is 14.0. The van der Waals surface area contributed by atoms with Crippen LogP contribution in [0.3, 0.4) is 0 Å². The summed E-state index contributed by atoms with van der Waals surface area (Å²) in [6, 6.07) is 5.29. The molecule has 1 fully saturated rings. The van der Waals surface area contributed by atoms with Gasteiger partial charge in [0.2, 0.25) is 0 Å². The first-order valence-corrected chi connectivity index (χ1v) is 7.60. The predicted molar refractivity (Wildman–Crippen MR) is 79.1 cm³/mol. The Bertz CT molecular complexity index is 546. The number of hydrogen-bond donors (Lipinski definition) is 3. The minimum absolute atomic E-state index is 0.0453. The summed E-state index contributed by atoms with van der Waals surface area (Å²) in [6.45, 7) is 3.09. The third-order valence-electron chi connectivity index (χ3n) is 4.75. The first-order valence-electron chi connectivity index (χ1n) is 7.60. The van der Waals surface area contributed by atoms with Gasteiger partial charge in [-0.15, -0.1) is 0 Å². The van der Waals surface area contributed by atoms with E-state index in [0.29, 0.717) is 18.8 Å². The molecule has 1 saturated heterocycles. The van der Waals surface area contributed by atoms with E-state index in [9.17, 15) is 15.0 Å². The number of hydrogen-bond acceptors (Lipinski definition) is 3. The Kier molecular flexibility index (Phi) is 3.76. The highest BCUT2D eigenvalue weighted by atomic mass is 16.3. The topological polar surface area (TPSA) is 72.8 Å². The number of amides is 2. The van der Waals surface area contributed by atoms with Gasteiger partial charge in [-0.25, -0.2) is 4.79 Å². The number of urea groups is 1. The molecule has 3 N–H and O–H groups in total. The van der Waals surface area contributed by atoms with Gasteiger partial charge in [0.1, 0.15) is 5.75 Å². The van der Waals surface area contributed by atoms with Gasteiger partial charge in [0.05, 0.1) is 12.1 Å². The highest BCUT2D eigenvalue weighted by Gasteiger charge is 2.31. The minimum Gasteiger partial charge on any atom is -0.508 e. The number of β-amino-alcohol motifs (C(OH)–C–C–N with tert-alkyl or cyclic N) is 1. The molecule has 0 radical (unpaired) electrons. The van der Waals surface area contributed by atoms with E-state index in [-0.39, 0.29) is 18.0 Å². The van der Waals surface area contributed by atoms with E-state index in [1.807, 2.05) is 19.1 Å². The third-order valence-corrected chi connectivity index (χ3v) is 4.75. The molecule has 3 atom stereocenters. The van der Waals surface area contributed by atoms with Crippen molar-refractivity contribution in [3.8, 4) is 5.75 Å². The summed E-state index contributed by atoms with van der Waals surface area (Å²) >= 11 is 0. The van der Waals surface area contributed by atoms with Gasteiger partial charge in [-0.05, 0) is 42.4 Å². The van der Waals surface area contributed by atoms with E-state index in [4.69, 9.17) is 0 Å². The molecule has 3 unspecified atom stereocenters. The van der Waals surface area contributed by atoms with Crippen LogP contribution in [0.15, 0.2) is 18.2 Å². The molecule has 0 bridgehead atoms. The monoisotopic (exact) mass is 290 g/mol. The number of likely N-dealkylation sites (tertiary alicyclic amines) is 1. The molecular weight excluding hydrogens is 268 g/mol. The zero-order valence-electron chi connectivity index (χ0n) is 12.2. The molecule has 21 heavy (non-hydrogen) atoms. The van der Waals surface area contributed by atoms with Crippen LogP contribution in [0.25, 0.3) is 0 Å². The van der Waals surface area contributed by atoms with Gasteiger partial charge < -0.3 is 20.4 Å². The molecular formula is C16H22N2O3. The second kappa shape index (κ2) is 5.56. The van der Waals surface area contributed by atoms with E-state index in [1.54, 1.807) is 11.0 Å². The van der Waals surface area contributed by atoms with Crippen LogP contribution in [0, 0.1) is 5.92 Å². The smallest absolute Gasteiger partial charge is 0.317 e. The summed E-state index contributed by atoms with van der Waals surface area (Å²) in [6.07, 6.45) is 1.98. The fourth-order valence-electron chi connectivity index (χ4n) is 3.26. The Morgan fingerprint density at radius 1 is 1.38 bits per heavy atom. The molecule has 5 nitrogen and oxygen atoms in total. The Morgan fingerprint density at radius 3 is 2.95 bits per heavy atom. The normalized spacial score (nSPS) is 28.3. The van der Waals surface area contributed by atoms with Gasteiger partial charge in [-0.2, -0.15) is 0 Å². The molecule has 1 heterocycles. The number of phenolic OH excluding ortho intramolecular Hbond substituents is 1. The van der Waals surface area contributed by atoms with Gasteiger partial charge in [0, 0.05) is 13.1 Å². The number of piperidine rings is 1. The Labute approximate surface area is 124 Å². The lowest BCUT2D eigenvalue weighted by atomic mass is 9.96. The largest absolute Gasteiger partial charge is 0.508 e. The number of aliphatic hydroxyl groups excluding tert-OH is 1. The Balaban J connectivity index is 1.66. The van der Waals surface area contributed by atoms with Gasteiger partial charge >= 0.3 is 6.03 Å². The summed E-state index contributed by atoms with van der Waals surface area (Å²) in [5, 5.41) is 22.8. The minimum atomic E-state index is -0.440. The van der Waals surface area contributed by atoms with Crippen LogP contribution >= 0.6 is 0 Å². The highest BCUT2D eigenvalue weighted by molar-refractivity contribution is 5.75. The summed E-state index contributed by atoms with van der Waals surface area (Å²) in [5.74, 6) is 0.560. The maximum atomic E-state index is 12.3. The lowest BCUT2D eigenvalue weighted by Crippen LogP contribution is -2.50. The molecule has 5 heteroatoms. The second-order valence-corrected chi connectivity index (χ2v) is 6.16. The van der Waals surface area contributed by atoms with Crippen LogP contribution in [0.5, 0.6) is 5.75 Å². The lowest BCUT2D eigenvalue weighted by Gasteiger charge is -2.35. The summed E-state index contributed by atoms with van der Waals surface area (Å²) < 4.78 is 0. The second-order valence-electron chi connectivity index (χ2n) is 6.16. The third kappa shape index (κ3) is 2.70. The number of carbonyl (C=O) groups is 1. The number of nitrogens with zero attached hydrogens (tertiary/aromatic N) is 1. The standard InChI is InChI=1S/C16H22N2O3/c1-10-7-8-18(9-15(10)20)16(21)17-13-6-5-12-11(13)3-2-4-14(12)19/h2-4,10,13,15,19-20H,5-9H2,1H3,(H,17,21). The number of carbonyl (C=O) groups excluding carboxylic acids is 1. The van der Waals surface area contributed by atoms with Crippen molar-refractivity contribution in [3.05, 3.63) is 29.3 Å². The average Bonchev–Trinajstić information content (AvgIpc) is 2.86. The van der Waals surface area contributed by atoms with Crippen LogP contribution < -0.4 is 5.32 Å². The van der Waals surface area contributed by atoms with Crippen molar-refractivity contribution in [2.24, 2.45) is 5.92 Å². The maximum Gasteiger partial charge on any atom is 0.317 e. The van der Waals surface area contributed by atoms with Crippen LogP contribution in [0.4, 0.5) is 4.79 Å². The first-order chi connectivity index (χ1) is 10.1. The van der Waals surface area contributed by atoms with Crippen molar-refractivity contribution in [3.63, 3.8) is 0 Å². The lowest BCUT2D eigenvalue weighted by molar-refractivity contribution is 0.0430. The first kappa shape index (κ1) is 14.2. The van der Waals surface area contributed by atoms with Crippen LogP contribution in [0.1, 0.15) is 36.9 Å². The zero-order valence-corrected chi connectivity index (χ0v) is 12.2. The van der Waals surface area contributed by atoms with Gasteiger partial charge in [0.25, 0.3) is 0 Å². The highest BCUT2D eigenvalue weighted by Crippen LogP contribution is 2.36. The molecule has 1 aromatic carbocycles. The zero-order chi connectivity index (χ0) is 15.0. The Morgan fingerprint density at radius 2 is 2.19 bits per heavy atom. The van der Waals surface area contributed by atoms with E-state index in [2.05, 4.69) is 5.32 Å². The molecule has 1 aromatic rings. The summed E-state index contributed by atoms with van der Waals surface area (Å²) in [7, 11) is 0. The van der Waals surface area contributed by atoms with Gasteiger partial charge in [-0.3, -0.25) is 0 Å². The molecule has 0 saturated carbocycles. The number of benzene rings is 1. The van der Waals surface area contributed by atoms with E-state index < -0.39 is 6.10 Å². The number of phenols is 1. The van der Waals surface area contributed by atoms with Crippen molar-refractivity contribution in [2.75, 3.05) is 13.1 Å². The van der Waals surface area contributed by atoms with Crippen LogP contribution in [-0.2, 0) is 6.42 Å². The average molecular weight is 290 g/mol. The number of aliphatic hydroxyl groups is 1. The van der Waals surface area contributed by atoms with Gasteiger partial charge in [0.15, 0.2) is 0 Å². The molecule has 0 spiro atoms. The fraction of sp³-hybridized carbons (Fsp3) is 0.562. The molecule has 0 aromatic heterocycles. The summed E-state index contributed by atoms with van der Waals surface area (Å²) in [5.41, 5.74) is 1.95. The Hall–Kier alpha value is -1.75. The number of nitrogens with one attached hydrogen (secondary N) is 1.